The van der Waals surface area contributed by atoms with Gasteiger partial charge < -0.3 is 5.11 Å². The van der Waals surface area contributed by atoms with Crippen molar-refractivity contribution in [1.29, 1.82) is 0 Å². The zero-order chi connectivity index (χ0) is 13.9. The molecular weight excluding hydrogens is 325 g/mol. The Kier molecular flexibility index (Phi) is 5.27. The van der Waals surface area contributed by atoms with E-state index in [1.807, 2.05) is 0 Å². The Balaban J connectivity index is 2.93. The SMILES string of the molecule is CC(O)CC(C)NS(=O)(=O)c1ccc(Br)cc1F. The predicted octanol–water partition coefficient (Wildman–Crippen LogP) is 2.03. The van der Waals surface area contributed by atoms with Crippen LogP contribution in [0.15, 0.2) is 27.6 Å². The molecule has 0 aromatic heterocycles. The van der Waals surface area contributed by atoms with E-state index in [0.717, 1.165) is 6.07 Å². The van der Waals surface area contributed by atoms with Crippen LogP contribution in [0.25, 0.3) is 0 Å². The van der Waals surface area contributed by atoms with Gasteiger partial charge in [-0.1, -0.05) is 15.9 Å². The molecule has 1 aromatic carbocycles. The van der Waals surface area contributed by atoms with Crippen LogP contribution < -0.4 is 4.72 Å². The van der Waals surface area contributed by atoms with Crippen molar-refractivity contribution in [2.24, 2.45) is 0 Å². The Morgan fingerprint density at radius 2 is 2.06 bits per heavy atom. The lowest BCUT2D eigenvalue weighted by Gasteiger charge is -2.16. The van der Waals surface area contributed by atoms with E-state index in [2.05, 4.69) is 20.7 Å². The summed E-state index contributed by atoms with van der Waals surface area (Å²) in [6.07, 6.45) is -0.366. The molecule has 0 aliphatic heterocycles. The zero-order valence-electron chi connectivity index (χ0n) is 10.0. The van der Waals surface area contributed by atoms with E-state index < -0.39 is 32.9 Å². The fraction of sp³-hybridized carbons (Fsp3) is 0.455. The molecule has 1 aromatic rings. The van der Waals surface area contributed by atoms with E-state index in [1.54, 1.807) is 13.8 Å². The number of nitrogens with one attached hydrogen (secondary N) is 1. The summed E-state index contributed by atoms with van der Waals surface area (Å²) in [7, 11) is -3.91. The fourth-order valence-electron chi connectivity index (χ4n) is 1.58. The lowest BCUT2D eigenvalue weighted by molar-refractivity contribution is 0.175. The van der Waals surface area contributed by atoms with Crippen molar-refractivity contribution in [2.45, 2.75) is 37.3 Å². The average molecular weight is 340 g/mol. The molecule has 0 heterocycles. The average Bonchev–Trinajstić information content (AvgIpc) is 2.13. The zero-order valence-corrected chi connectivity index (χ0v) is 12.4. The van der Waals surface area contributed by atoms with E-state index in [4.69, 9.17) is 5.11 Å². The second-order valence-electron chi connectivity index (χ2n) is 4.18. The number of hydrogen-bond acceptors (Lipinski definition) is 3. The van der Waals surface area contributed by atoms with Crippen molar-refractivity contribution in [3.63, 3.8) is 0 Å². The minimum atomic E-state index is -3.91. The molecular formula is C11H15BrFNO3S. The monoisotopic (exact) mass is 339 g/mol. The minimum Gasteiger partial charge on any atom is -0.393 e. The first-order chi connectivity index (χ1) is 8.22. The van der Waals surface area contributed by atoms with Crippen LogP contribution >= 0.6 is 15.9 Å². The standard InChI is InChI=1S/C11H15BrFNO3S/c1-7(5-8(2)15)14-18(16,17)11-4-3-9(12)6-10(11)13/h3-4,6-8,14-15H,5H2,1-2H3. The minimum absolute atomic E-state index is 0.261. The largest absolute Gasteiger partial charge is 0.393 e. The number of halogens is 2. The molecule has 2 unspecified atom stereocenters. The molecule has 2 N–H and O–H groups in total. The Morgan fingerprint density at radius 3 is 2.56 bits per heavy atom. The molecule has 0 saturated heterocycles. The Morgan fingerprint density at radius 1 is 1.44 bits per heavy atom. The molecule has 0 amide bonds. The van der Waals surface area contributed by atoms with Gasteiger partial charge in [-0.3, -0.25) is 0 Å². The van der Waals surface area contributed by atoms with Gasteiger partial charge in [0.05, 0.1) is 6.10 Å². The first-order valence-corrected chi connectivity index (χ1v) is 7.65. The second-order valence-corrected chi connectivity index (χ2v) is 6.78. The maximum Gasteiger partial charge on any atom is 0.243 e. The number of aliphatic hydroxyl groups is 1. The number of sulfonamides is 1. The molecule has 0 aliphatic rings. The van der Waals surface area contributed by atoms with Gasteiger partial charge in [-0.15, -0.1) is 0 Å². The third-order valence-corrected chi connectivity index (χ3v) is 4.35. The lowest BCUT2D eigenvalue weighted by atomic mass is 10.2. The van der Waals surface area contributed by atoms with Crippen LogP contribution in [0.1, 0.15) is 20.3 Å². The highest BCUT2D eigenvalue weighted by Crippen LogP contribution is 2.19. The maximum absolute atomic E-state index is 13.6. The molecule has 0 radical (unpaired) electrons. The molecule has 7 heteroatoms. The molecule has 0 saturated carbocycles. The highest BCUT2D eigenvalue weighted by molar-refractivity contribution is 9.10. The van der Waals surface area contributed by atoms with E-state index in [0.29, 0.717) is 4.47 Å². The van der Waals surface area contributed by atoms with Crippen molar-refractivity contribution >= 4 is 26.0 Å². The number of aliphatic hydroxyl groups excluding tert-OH is 1. The third kappa shape index (κ3) is 4.31. The molecule has 102 valence electrons. The normalized spacial score (nSPS) is 15.4. The Labute approximate surface area is 114 Å². The molecule has 0 fully saturated rings. The highest BCUT2D eigenvalue weighted by atomic mass is 79.9. The van der Waals surface area contributed by atoms with Crippen LogP contribution in [0.3, 0.4) is 0 Å². The Bertz CT molecular complexity index is 519. The van der Waals surface area contributed by atoms with Crippen LogP contribution in [0.4, 0.5) is 4.39 Å². The quantitative estimate of drug-likeness (QED) is 0.862. The van der Waals surface area contributed by atoms with Gasteiger partial charge in [0.25, 0.3) is 0 Å². The van der Waals surface area contributed by atoms with Gasteiger partial charge in [0.1, 0.15) is 10.7 Å². The van der Waals surface area contributed by atoms with Crippen LogP contribution in [0, 0.1) is 5.82 Å². The molecule has 1 rings (SSSR count). The van der Waals surface area contributed by atoms with Crippen molar-refractivity contribution < 1.29 is 17.9 Å². The topological polar surface area (TPSA) is 66.4 Å². The smallest absolute Gasteiger partial charge is 0.243 e. The fourth-order valence-corrected chi connectivity index (χ4v) is 3.23. The van der Waals surface area contributed by atoms with Gasteiger partial charge in [0, 0.05) is 10.5 Å². The van der Waals surface area contributed by atoms with Crippen LogP contribution in [0.2, 0.25) is 0 Å². The van der Waals surface area contributed by atoms with Crippen molar-refractivity contribution in [1.82, 2.24) is 4.72 Å². The van der Waals surface area contributed by atoms with Gasteiger partial charge in [0.2, 0.25) is 10.0 Å². The van der Waals surface area contributed by atoms with Crippen LogP contribution in [-0.2, 0) is 10.0 Å². The highest BCUT2D eigenvalue weighted by Gasteiger charge is 2.21. The first-order valence-electron chi connectivity index (χ1n) is 5.38. The number of hydrogen-bond donors (Lipinski definition) is 2. The number of benzene rings is 1. The molecule has 0 spiro atoms. The number of rotatable bonds is 5. The van der Waals surface area contributed by atoms with E-state index >= 15 is 0 Å². The summed E-state index contributed by atoms with van der Waals surface area (Å²) in [6.45, 7) is 3.17. The van der Waals surface area contributed by atoms with E-state index in [9.17, 15) is 12.8 Å². The summed E-state index contributed by atoms with van der Waals surface area (Å²) >= 11 is 3.06. The third-order valence-electron chi connectivity index (χ3n) is 2.23. The van der Waals surface area contributed by atoms with Gasteiger partial charge in [-0.2, -0.15) is 0 Å². The molecule has 18 heavy (non-hydrogen) atoms. The molecule has 0 aliphatic carbocycles. The first kappa shape index (κ1) is 15.6. The van der Waals surface area contributed by atoms with Crippen LogP contribution in [0.5, 0.6) is 0 Å². The summed E-state index contributed by atoms with van der Waals surface area (Å²) in [5, 5.41) is 9.17. The second kappa shape index (κ2) is 6.10. The van der Waals surface area contributed by atoms with E-state index in [-0.39, 0.29) is 6.42 Å². The summed E-state index contributed by atoms with van der Waals surface area (Å²) in [6, 6.07) is 3.26. The summed E-state index contributed by atoms with van der Waals surface area (Å²) in [5.41, 5.74) is 0. The van der Waals surface area contributed by atoms with Crippen molar-refractivity contribution in [3.8, 4) is 0 Å². The summed E-state index contributed by atoms with van der Waals surface area (Å²) in [4.78, 5) is -0.400. The Hall–Kier alpha value is -0.500. The summed E-state index contributed by atoms with van der Waals surface area (Å²) < 4.78 is 40.2. The maximum atomic E-state index is 13.6. The van der Waals surface area contributed by atoms with Gasteiger partial charge in [0.15, 0.2) is 0 Å². The van der Waals surface area contributed by atoms with Crippen molar-refractivity contribution in [3.05, 3.63) is 28.5 Å². The molecule has 2 atom stereocenters. The van der Waals surface area contributed by atoms with E-state index in [1.165, 1.54) is 12.1 Å². The van der Waals surface area contributed by atoms with Gasteiger partial charge in [-0.05, 0) is 38.5 Å². The molecule has 0 bridgehead atoms. The summed E-state index contributed by atoms with van der Waals surface area (Å²) in [5.74, 6) is -0.818. The van der Waals surface area contributed by atoms with Gasteiger partial charge >= 0.3 is 0 Å². The van der Waals surface area contributed by atoms with Crippen molar-refractivity contribution in [2.75, 3.05) is 0 Å². The molecule has 4 nitrogen and oxygen atoms in total. The predicted molar refractivity (Wildman–Crippen MR) is 70.2 cm³/mol. The lowest BCUT2D eigenvalue weighted by Crippen LogP contribution is -2.35. The van der Waals surface area contributed by atoms with Crippen LogP contribution in [-0.4, -0.2) is 25.7 Å². The van der Waals surface area contributed by atoms with Gasteiger partial charge in [-0.25, -0.2) is 17.5 Å².